The quantitative estimate of drug-likeness (QED) is 0.0204. The minimum atomic E-state index is -1.98. The lowest BCUT2D eigenvalue weighted by atomic mass is 9.96. The Morgan fingerprint density at radius 2 is 0.788 bits per heavy atom. The average molecular weight is 1210 g/mol. The molecule has 1 amide bonds. The molecule has 0 bridgehead atoms. The molecule has 12 N–H and O–H groups in total. The maximum absolute atomic E-state index is 13.3. The highest BCUT2D eigenvalue weighted by Gasteiger charge is 2.53. The third-order valence-corrected chi connectivity index (χ3v) is 16.6. The second-order valence-electron chi connectivity index (χ2n) is 23.9. The number of unbranched alkanes of at least 4 members (excludes halogenated alkanes) is 28. The number of hydrogen-bond donors (Lipinski definition) is 12. The standard InChI is InChI=1S/C66H119NO18/c1-3-5-7-9-11-13-14-15-16-17-18-19-20-21-22-23-24-25-26-27-28-29-30-31-32-33-34-36-38-40-42-44-54(72)67-49(50(71)43-41-39-37-35-12-10-8-6-4-2)48-80-64-60(78)57(75)62(52(46-69)82-64)85-66-61(79)58(76)63(53(47-70)83-66)84-65-59(77)56(74)55(73)51(45-68)81-65/h12,14-15,17-18,35,41,43,49-53,55-66,68-71,73-79H,3-11,13,16,19-34,36-40,42,44-48H2,1-2H3,(H,67,72)/b15-14-,18-17-,35-12+,43-41+. The smallest absolute Gasteiger partial charge is 0.220 e. The molecule has 0 aliphatic carbocycles. The van der Waals surface area contributed by atoms with E-state index >= 15 is 0 Å². The fourth-order valence-electron chi connectivity index (χ4n) is 11.1. The van der Waals surface area contributed by atoms with Gasteiger partial charge in [0.05, 0.1) is 38.6 Å². The first kappa shape index (κ1) is 77.0. The number of rotatable bonds is 50. The first-order chi connectivity index (χ1) is 41.3. The van der Waals surface area contributed by atoms with Crippen molar-refractivity contribution in [2.75, 3.05) is 26.4 Å². The molecule has 85 heavy (non-hydrogen) atoms. The van der Waals surface area contributed by atoms with Gasteiger partial charge in [-0.3, -0.25) is 4.79 Å². The first-order valence-electron chi connectivity index (χ1n) is 33.4. The van der Waals surface area contributed by atoms with Gasteiger partial charge in [-0.15, -0.1) is 0 Å². The Balaban J connectivity index is 1.34. The highest BCUT2D eigenvalue weighted by Crippen LogP contribution is 2.33. The minimum Gasteiger partial charge on any atom is -0.394 e. The Labute approximate surface area is 510 Å². The molecule has 0 aromatic carbocycles. The van der Waals surface area contributed by atoms with Gasteiger partial charge in [-0.05, 0) is 64.2 Å². The van der Waals surface area contributed by atoms with E-state index in [-0.39, 0.29) is 18.9 Å². The van der Waals surface area contributed by atoms with E-state index in [9.17, 15) is 61.0 Å². The van der Waals surface area contributed by atoms with E-state index in [1.54, 1.807) is 6.08 Å². The molecule has 0 aromatic rings. The van der Waals surface area contributed by atoms with Crippen molar-refractivity contribution in [3.63, 3.8) is 0 Å². The number of amides is 1. The molecule has 3 fully saturated rings. The van der Waals surface area contributed by atoms with E-state index in [0.717, 1.165) is 51.4 Å². The van der Waals surface area contributed by atoms with Crippen molar-refractivity contribution >= 4 is 5.91 Å². The summed E-state index contributed by atoms with van der Waals surface area (Å²) in [7, 11) is 0. The number of carbonyl (C=O) groups is 1. The number of carbonyl (C=O) groups excluding carboxylic acids is 1. The molecule has 17 unspecified atom stereocenters. The molecule has 0 spiro atoms. The molecule has 0 saturated carbocycles. The molecule has 3 aliphatic heterocycles. The van der Waals surface area contributed by atoms with Gasteiger partial charge >= 0.3 is 0 Å². The zero-order valence-corrected chi connectivity index (χ0v) is 52.1. The number of nitrogens with one attached hydrogen (secondary N) is 1. The van der Waals surface area contributed by atoms with Gasteiger partial charge in [0.2, 0.25) is 5.91 Å². The molecule has 0 aromatic heterocycles. The lowest BCUT2D eigenvalue weighted by Crippen LogP contribution is -2.66. The summed E-state index contributed by atoms with van der Waals surface area (Å²) in [5.74, 6) is -0.287. The van der Waals surface area contributed by atoms with Gasteiger partial charge in [0.1, 0.15) is 73.2 Å². The van der Waals surface area contributed by atoms with Crippen LogP contribution in [0.4, 0.5) is 0 Å². The molecule has 3 rings (SSSR count). The average Bonchev–Trinajstić information content (AvgIpc) is 3.55. The summed E-state index contributed by atoms with van der Waals surface area (Å²) in [5, 5.41) is 120. The Kier molecular flexibility index (Phi) is 44.0. The minimum absolute atomic E-state index is 0.236. The van der Waals surface area contributed by atoms with Crippen LogP contribution in [0.15, 0.2) is 48.6 Å². The number of aliphatic hydroxyl groups excluding tert-OH is 11. The van der Waals surface area contributed by atoms with Crippen LogP contribution in [0.3, 0.4) is 0 Å². The lowest BCUT2D eigenvalue weighted by molar-refractivity contribution is -0.379. The number of aliphatic hydroxyl groups is 11. The molecule has 0 radical (unpaired) electrons. The zero-order chi connectivity index (χ0) is 61.9. The van der Waals surface area contributed by atoms with Crippen LogP contribution >= 0.6 is 0 Å². The molecule has 3 heterocycles. The highest BCUT2D eigenvalue weighted by molar-refractivity contribution is 5.76. The summed E-state index contributed by atoms with van der Waals surface area (Å²) in [6.07, 6.45) is 30.0. The van der Waals surface area contributed by atoms with Gasteiger partial charge < -0.3 is 89.9 Å². The predicted octanol–water partition coefficient (Wildman–Crippen LogP) is 7.83. The second kappa shape index (κ2) is 48.6. The van der Waals surface area contributed by atoms with E-state index in [4.69, 9.17) is 28.4 Å². The second-order valence-corrected chi connectivity index (χ2v) is 23.9. The molecule has 496 valence electrons. The summed E-state index contributed by atoms with van der Waals surface area (Å²) in [5.41, 5.74) is 0. The third-order valence-electron chi connectivity index (χ3n) is 16.6. The van der Waals surface area contributed by atoms with Crippen LogP contribution in [0, 0.1) is 0 Å². The predicted molar refractivity (Wildman–Crippen MR) is 328 cm³/mol. The van der Waals surface area contributed by atoms with Gasteiger partial charge in [-0.2, -0.15) is 0 Å². The summed E-state index contributed by atoms with van der Waals surface area (Å²) < 4.78 is 34.2. The van der Waals surface area contributed by atoms with Crippen LogP contribution in [0.5, 0.6) is 0 Å². The van der Waals surface area contributed by atoms with E-state index in [0.29, 0.717) is 12.8 Å². The Morgan fingerprint density at radius 1 is 0.424 bits per heavy atom. The maximum atomic E-state index is 13.3. The van der Waals surface area contributed by atoms with Crippen LogP contribution in [-0.4, -0.2) is 193 Å². The van der Waals surface area contributed by atoms with Gasteiger partial charge in [-0.25, -0.2) is 0 Å². The SMILES string of the molecule is CCCCC/C=C/CC/C=C/C(O)C(COC1OC(CO)C(OC2OC(CO)C(OC3OC(CO)C(O)C(O)C3O)C(O)C2O)C(O)C1O)NC(=O)CCCCCCCCCCCCCCCCCCCCC/C=C\C/C=C\CCCCCCC. The van der Waals surface area contributed by atoms with Crippen LogP contribution in [-0.2, 0) is 33.2 Å². The van der Waals surface area contributed by atoms with Crippen LogP contribution < -0.4 is 5.32 Å². The number of hydrogen-bond acceptors (Lipinski definition) is 18. The van der Waals surface area contributed by atoms with Gasteiger partial charge in [-0.1, -0.05) is 210 Å². The lowest BCUT2D eigenvalue weighted by Gasteiger charge is -2.48. The summed E-state index contributed by atoms with van der Waals surface area (Å²) in [4.78, 5) is 13.3. The fraction of sp³-hybridized carbons (Fsp3) is 0.864. The van der Waals surface area contributed by atoms with E-state index in [1.165, 1.54) is 148 Å². The first-order valence-corrected chi connectivity index (χ1v) is 33.4. The maximum Gasteiger partial charge on any atom is 0.220 e. The number of ether oxygens (including phenoxy) is 6. The van der Waals surface area contributed by atoms with Crippen LogP contribution in [0.25, 0.3) is 0 Å². The van der Waals surface area contributed by atoms with Crippen molar-refractivity contribution in [1.82, 2.24) is 5.32 Å². The molecule has 17 atom stereocenters. The molecular weight excluding hydrogens is 1090 g/mol. The molecule has 3 aliphatic rings. The largest absolute Gasteiger partial charge is 0.394 e. The Bertz CT molecular complexity index is 1740. The Morgan fingerprint density at radius 3 is 1.27 bits per heavy atom. The van der Waals surface area contributed by atoms with Crippen molar-refractivity contribution < 1.29 is 89.4 Å². The number of allylic oxidation sites excluding steroid dienone is 7. The van der Waals surface area contributed by atoms with Crippen molar-refractivity contribution in [3.05, 3.63) is 48.6 Å². The fourth-order valence-corrected chi connectivity index (χ4v) is 11.1. The molecule has 19 heteroatoms. The molecule has 3 saturated heterocycles. The summed E-state index contributed by atoms with van der Waals surface area (Å²) >= 11 is 0. The van der Waals surface area contributed by atoms with Crippen LogP contribution in [0.2, 0.25) is 0 Å². The van der Waals surface area contributed by atoms with Crippen LogP contribution in [0.1, 0.15) is 232 Å². The van der Waals surface area contributed by atoms with Gasteiger partial charge in [0, 0.05) is 6.42 Å². The van der Waals surface area contributed by atoms with Crippen molar-refractivity contribution in [1.29, 1.82) is 0 Å². The Hall–Kier alpha value is -2.25. The van der Waals surface area contributed by atoms with E-state index < -0.39 is 124 Å². The monoisotopic (exact) mass is 1210 g/mol. The summed E-state index contributed by atoms with van der Waals surface area (Å²) in [6.45, 7) is 1.63. The molecule has 19 nitrogen and oxygen atoms in total. The van der Waals surface area contributed by atoms with Gasteiger partial charge in [0.15, 0.2) is 18.9 Å². The normalized spacial score (nSPS) is 29.3. The summed E-state index contributed by atoms with van der Waals surface area (Å²) in [6, 6.07) is -0.987. The van der Waals surface area contributed by atoms with E-state index in [2.05, 4.69) is 55.6 Å². The third kappa shape index (κ3) is 31.4. The van der Waals surface area contributed by atoms with Crippen molar-refractivity contribution in [2.45, 2.75) is 336 Å². The van der Waals surface area contributed by atoms with Crippen molar-refractivity contribution in [2.24, 2.45) is 0 Å². The molecular formula is C66H119NO18. The topological polar surface area (TPSA) is 307 Å². The van der Waals surface area contributed by atoms with E-state index in [1.807, 2.05) is 6.08 Å². The van der Waals surface area contributed by atoms with Gasteiger partial charge in [0.25, 0.3) is 0 Å². The highest BCUT2D eigenvalue weighted by atomic mass is 16.8. The van der Waals surface area contributed by atoms with Crippen molar-refractivity contribution in [3.8, 4) is 0 Å². The zero-order valence-electron chi connectivity index (χ0n) is 52.1.